The average molecular weight is 265 g/mol. The van der Waals surface area contributed by atoms with E-state index in [4.69, 9.17) is 12.2 Å². The largest absolute Gasteiger partial charge is 0.548 e. The van der Waals surface area contributed by atoms with Crippen LogP contribution in [0.25, 0.3) is 0 Å². The number of carboxylic acids is 1. The molecule has 2 atom stereocenters. The highest BCUT2D eigenvalue weighted by atomic mass is 32.1. The molecule has 0 aliphatic carbocycles. The van der Waals surface area contributed by atoms with E-state index in [1.54, 1.807) is 0 Å². The zero-order chi connectivity index (χ0) is 13.5. The quantitative estimate of drug-likeness (QED) is 0.782. The molecular weight excluding hydrogens is 248 g/mol. The molecule has 5 heteroatoms. The van der Waals surface area contributed by atoms with Crippen molar-refractivity contribution in [1.82, 2.24) is 5.32 Å². The normalized spacial score (nSPS) is 13.4. The number of hydrogen-bond donors (Lipinski definition) is 2. The third kappa shape index (κ3) is 4.33. The molecule has 1 aromatic rings. The number of nitrogens with one attached hydrogen (secondary N) is 2. The minimum Gasteiger partial charge on any atom is -0.548 e. The molecule has 18 heavy (non-hydrogen) atoms. The van der Waals surface area contributed by atoms with E-state index in [9.17, 15) is 9.90 Å². The number of benzene rings is 1. The lowest BCUT2D eigenvalue weighted by atomic mass is 10.00. The van der Waals surface area contributed by atoms with Crippen LogP contribution >= 0.6 is 12.2 Å². The molecular formula is C13H17N2O2S-. The Morgan fingerprint density at radius 1 is 1.39 bits per heavy atom. The molecule has 0 bridgehead atoms. The van der Waals surface area contributed by atoms with Gasteiger partial charge >= 0.3 is 0 Å². The molecule has 0 unspecified atom stereocenters. The van der Waals surface area contributed by atoms with Gasteiger partial charge in [-0.15, -0.1) is 0 Å². The van der Waals surface area contributed by atoms with Crippen LogP contribution in [0.3, 0.4) is 0 Å². The van der Waals surface area contributed by atoms with E-state index in [0.717, 1.165) is 12.1 Å². The molecule has 0 aromatic heterocycles. The van der Waals surface area contributed by atoms with Crippen LogP contribution < -0.4 is 15.7 Å². The number of para-hydroxylation sites is 1. The molecule has 0 saturated carbocycles. The standard InChI is InChI=1S/C13H18N2O2S/c1-3-9(2)11(12(16)17)15-13(18)14-10-7-5-4-6-8-10/h4-9,11H,3H2,1-2H3,(H,16,17)(H2,14,15,18)/p-1/t9-,11-/m1/s1. The number of carbonyl (C=O) groups excluding carboxylic acids is 1. The van der Waals surface area contributed by atoms with Crippen molar-refractivity contribution in [2.75, 3.05) is 5.32 Å². The Morgan fingerprint density at radius 3 is 2.50 bits per heavy atom. The number of hydrogen-bond acceptors (Lipinski definition) is 3. The summed E-state index contributed by atoms with van der Waals surface area (Å²) in [5, 5.41) is 17.0. The third-order valence-electron chi connectivity index (χ3n) is 2.79. The fourth-order valence-corrected chi connectivity index (χ4v) is 1.74. The minimum absolute atomic E-state index is 0.0504. The first-order valence-electron chi connectivity index (χ1n) is 5.88. The number of rotatable bonds is 5. The van der Waals surface area contributed by atoms with Crippen LogP contribution in [-0.2, 0) is 4.79 Å². The molecule has 0 heterocycles. The SMILES string of the molecule is CC[C@@H](C)[C@@H](NC(=S)Nc1ccccc1)C(=O)[O-]. The zero-order valence-electron chi connectivity index (χ0n) is 10.5. The van der Waals surface area contributed by atoms with Gasteiger partial charge in [-0.1, -0.05) is 38.5 Å². The van der Waals surface area contributed by atoms with Crippen LogP contribution in [0.5, 0.6) is 0 Å². The maximum absolute atomic E-state index is 11.0. The Hall–Kier alpha value is -1.62. The lowest BCUT2D eigenvalue weighted by Gasteiger charge is -2.26. The molecule has 1 aromatic carbocycles. The summed E-state index contributed by atoms with van der Waals surface area (Å²) in [6, 6.07) is 8.56. The zero-order valence-corrected chi connectivity index (χ0v) is 11.3. The van der Waals surface area contributed by atoms with Gasteiger partial charge in [-0.25, -0.2) is 0 Å². The van der Waals surface area contributed by atoms with Crippen molar-refractivity contribution in [3.8, 4) is 0 Å². The maximum Gasteiger partial charge on any atom is 0.171 e. The van der Waals surface area contributed by atoms with E-state index in [1.807, 2.05) is 44.2 Å². The van der Waals surface area contributed by atoms with Crippen molar-refractivity contribution < 1.29 is 9.90 Å². The first-order valence-corrected chi connectivity index (χ1v) is 6.28. The molecule has 0 saturated heterocycles. The van der Waals surface area contributed by atoms with Crippen molar-refractivity contribution in [2.45, 2.75) is 26.3 Å². The molecule has 0 aliphatic rings. The maximum atomic E-state index is 11.0. The van der Waals surface area contributed by atoms with Gasteiger partial charge in [-0.2, -0.15) is 0 Å². The summed E-state index contributed by atoms with van der Waals surface area (Å²) in [6.45, 7) is 3.77. The van der Waals surface area contributed by atoms with Crippen molar-refractivity contribution in [2.24, 2.45) is 5.92 Å². The predicted octanol–water partition coefficient (Wildman–Crippen LogP) is 1.14. The van der Waals surface area contributed by atoms with Crippen LogP contribution in [0.2, 0.25) is 0 Å². The van der Waals surface area contributed by atoms with Crippen LogP contribution in [-0.4, -0.2) is 17.1 Å². The Kier molecular flexibility index (Phi) is 5.58. The lowest BCUT2D eigenvalue weighted by molar-refractivity contribution is -0.309. The average Bonchev–Trinajstić information content (AvgIpc) is 2.36. The molecule has 0 radical (unpaired) electrons. The topological polar surface area (TPSA) is 64.2 Å². The van der Waals surface area contributed by atoms with Gasteiger partial charge in [0.05, 0.1) is 12.0 Å². The van der Waals surface area contributed by atoms with E-state index in [-0.39, 0.29) is 11.0 Å². The van der Waals surface area contributed by atoms with Crippen LogP contribution in [0.1, 0.15) is 20.3 Å². The number of thiocarbonyl (C=S) groups is 1. The summed E-state index contributed by atoms with van der Waals surface area (Å²) in [5.74, 6) is -1.19. The van der Waals surface area contributed by atoms with Crippen molar-refractivity contribution in [1.29, 1.82) is 0 Å². The Morgan fingerprint density at radius 2 is 2.00 bits per heavy atom. The third-order valence-corrected chi connectivity index (χ3v) is 3.01. The van der Waals surface area contributed by atoms with Gasteiger partial charge in [-0.05, 0) is 30.3 Å². The minimum atomic E-state index is -1.14. The van der Waals surface area contributed by atoms with Gasteiger partial charge in [-0.3, -0.25) is 0 Å². The van der Waals surface area contributed by atoms with E-state index in [2.05, 4.69) is 10.6 Å². The van der Waals surface area contributed by atoms with E-state index in [0.29, 0.717) is 0 Å². The molecule has 0 spiro atoms. The highest BCUT2D eigenvalue weighted by Crippen LogP contribution is 2.09. The summed E-state index contributed by atoms with van der Waals surface area (Å²) < 4.78 is 0. The highest BCUT2D eigenvalue weighted by Gasteiger charge is 2.17. The Bertz CT molecular complexity index is 409. The summed E-state index contributed by atoms with van der Waals surface area (Å²) in [7, 11) is 0. The molecule has 1 rings (SSSR count). The van der Waals surface area contributed by atoms with E-state index in [1.165, 1.54) is 0 Å². The van der Waals surface area contributed by atoms with Crippen molar-refractivity contribution in [3.05, 3.63) is 30.3 Å². The predicted molar refractivity (Wildman–Crippen MR) is 74.0 cm³/mol. The summed E-state index contributed by atoms with van der Waals surface area (Å²) >= 11 is 5.09. The second kappa shape index (κ2) is 6.96. The van der Waals surface area contributed by atoms with Crippen LogP contribution in [0, 0.1) is 5.92 Å². The first kappa shape index (κ1) is 14.4. The Labute approximate surface area is 112 Å². The van der Waals surface area contributed by atoms with Gasteiger partial charge in [0.2, 0.25) is 0 Å². The molecule has 0 fully saturated rings. The van der Waals surface area contributed by atoms with Gasteiger partial charge in [0.25, 0.3) is 0 Å². The molecule has 0 aliphatic heterocycles. The summed E-state index contributed by atoms with van der Waals surface area (Å²) in [4.78, 5) is 11.0. The summed E-state index contributed by atoms with van der Waals surface area (Å²) in [5.41, 5.74) is 0.816. The van der Waals surface area contributed by atoms with Crippen LogP contribution in [0.4, 0.5) is 5.69 Å². The smallest absolute Gasteiger partial charge is 0.171 e. The molecule has 4 nitrogen and oxygen atoms in total. The monoisotopic (exact) mass is 265 g/mol. The summed E-state index contributed by atoms with van der Waals surface area (Å²) in [6.07, 6.45) is 0.736. The van der Waals surface area contributed by atoms with Crippen LogP contribution in [0.15, 0.2) is 30.3 Å². The Balaban J connectivity index is 2.60. The van der Waals surface area contributed by atoms with E-state index >= 15 is 0 Å². The van der Waals surface area contributed by atoms with Gasteiger partial charge in [0.1, 0.15) is 0 Å². The number of aliphatic carboxylic acids is 1. The second-order valence-corrected chi connectivity index (χ2v) is 4.55. The van der Waals surface area contributed by atoms with Gasteiger partial charge in [0.15, 0.2) is 5.11 Å². The molecule has 2 N–H and O–H groups in total. The number of carboxylic acid groups (broad SMARTS) is 1. The highest BCUT2D eigenvalue weighted by molar-refractivity contribution is 7.80. The molecule has 98 valence electrons. The van der Waals surface area contributed by atoms with Gasteiger partial charge < -0.3 is 20.5 Å². The van der Waals surface area contributed by atoms with E-state index < -0.39 is 12.0 Å². The number of carbonyl (C=O) groups is 1. The number of anilines is 1. The fourth-order valence-electron chi connectivity index (χ4n) is 1.50. The second-order valence-electron chi connectivity index (χ2n) is 4.15. The lowest BCUT2D eigenvalue weighted by Crippen LogP contribution is -2.52. The fraction of sp³-hybridized carbons (Fsp3) is 0.385. The van der Waals surface area contributed by atoms with Gasteiger partial charge in [0, 0.05) is 5.69 Å². The van der Waals surface area contributed by atoms with Crippen molar-refractivity contribution >= 4 is 29.0 Å². The first-order chi connectivity index (χ1) is 8.54. The molecule has 0 amide bonds. The van der Waals surface area contributed by atoms with Crippen molar-refractivity contribution in [3.63, 3.8) is 0 Å².